The van der Waals surface area contributed by atoms with E-state index in [1.165, 1.54) is 0 Å². The summed E-state index contributed by atoms with van der Waals surface area (Å²) in [6, 6.07) is 0. The van der Waals surface area contributed by atoms with E-state index < -0.39 is 0 Å². The van der Waals surface area contributed by atoms with E-state index >= 15 is 0 Å². The van der Waals surface area contributed by atoms with E-state index in [-0.39, 0.29) is 5.66 Å². The molecule has 1 atom stereocenters. The Morgan fingerprint density at radius 3 is 1.80 bits per heavy atom. The molecular weight excluding hydrogens is 124 g/mol. The van der Waals surface area contributed by atoms with Gasteiger partial charge in [0.05, 0.1) is 5.66 Å². The van der Waals surface area contributed by atoms with Crippen molar-refractivity contribution in [3.63, 3.8) is 0 Å². The van der Waals surface area contributed by atoms with Crippen LogP contribution in [0.4, 0.5) is 0 Å². The average Bonchev–Trinajstić information content (AvgIpc) is 1.85. The predicted molar refractivity (Wildman–Crippen MR) is 45.7 cm³/mol. The van der Waals surface area contributed by atoms with Crippen LogP contribution < -0.4 is 5.73 Å². The first-order valence-corrected chi connectivity index (χ1v) is 3.91. The molecule has 0 aromatic heterocycles. The van der Waals surface area contributed by atoms with Gasteiger partial charge in [-0.3, -0.25) is 4.90 Å². The van der Waals surface area contributed by atoms with Crippen molar-refractivity contribution in [1.82, 2.24) is 4.90 Å². The van der Waals surface area contributed by atoms with Crippen LogP contribution in [0.3, 0.4) is 0 Å². The summed E-state index contributed by atoms with van der Waals surface area (Å²) in [6.07, 6.45) is 0.998. The van der Waals surface area contributed by atoms with E-state index in [1.807, 2.05) is 14.1 Å². The second kappa shape index (κ2) is 3.35. The van der Waals surface area contributed by atoms with Crippen LogP contribution in [-0.2, 0) is 0 Å². The summed E-state index contributed by atoms with van der Waals surface area (Å²) in [7, 11) is 4.06. The highest BCUT2D eigenvalue weighted by Gasteiger charge is 2.28. The van der Waals surface area contributed by atoms with Crippen molar-refractivity contribution in [1.29, 1.82) is 0 Å². The molecule has 0 amide bonds. The van der Waals surface area contributed by atoms with Gasteiger partial charge in [0, 0.05) is 0 Å². The van der Waals surface area contributed by atoms with Crippen molar-refractivity contribution in [2.75, 3.05) is 14.1 Å². The molecule has 2 nitrogen and oxygen atoms in total. The molecule has 0 radical (unpaired) electrons. The van der Waals surface area contributed by atoms with Gasteiger partial charge in [0.1, 0.15) is 0 Å². The van der Waals surface area contributed by atoms with Gasteiger partial charge in [0.15, 0.2) is 0 Å². The smallest absolute Gasteiger partial charge is 0.0703 e. The Kier molecular flexibility index (Phi) is 3.33. The summed E-state index contributed by atoms with van der Waals surface area (Å²) in [5, 5.41) is 0. The zero-order valence-electron chi connectivity index (χ0n) is 7.81. The van der Waals surface area contributed by atoms with Gasteiger partial charge in [-0.25, -0.2) is 0 Å². The Balaban J connectivity index is 4.23. The van der Waals surface area contributed by atoms with Crippen molar-refractivity contribution in [2.24, 2.45) is 11.7 Å². The minimum absolute atomic E-state index is 0.125. The van der Waals surface area contributed by atoms with Gasteiger partial charge in [-0.1, -0.05) is 20.8 Å². The summed E-state index contributed by atoms with van der Waals surface area (Å²) in [4.78, 5) is 2.09. The highest BCUT2D eigenvalue weighted by atomic mass is 15.2. The lowest BCUT2D eigenvalue weighted by Gasteiger charge is -2.39. The van der Waals surface area contributed by atoms with Crippen LogP contribution in [0.2, 0.25) is 0 Å². The number of nitrogens with two attached hydrogens (primary N) is 1. The average molecular weight is 144 g/mol. The van der Waals surface area contributed by atoms with E-state index in [4.69, 9.17) is 5.73 Å². The normalized spacial score (nSPS) is 18.0. The van der Waals surface area contributed by atoms with E-state index in [0.717, 1.165) is 6.42 Å². The fourth-order valence-corrected chi connectivity index (χ4v) is 1.24. The van der Waals surface area contributed by atoms with Crippen LogP contribution >= 0.6 is 0 Å². The van der Waals surface area contributed by atoms with E-state index in [2.05, 4.69) is 25.7 Å². The number of nitrogens with zero attached hydrogens (tertiary/aromatic N) is 1. The summed E-state index contributed by atoms with van der Waals surface area (Å²) in [5.41, 5.74) is 5.98. The van der Waals surface area contributed by atoms with Crippen LogP contribution in [0.25, 0.3) is 0 Å². The first-order chi connectivity index (χ1) is 4.45. The third-order valence-electron chi connectivity index (χ3n) is 2.40. The topological polar surface area (TPSA) is 29.3 Å². The molecule has 0 saturated carbocycles. The third-order valence-corrected chi connectivity index (χ3v) is 2.40. The quantitative estimate of drug-likeness (QED) is 0.604. The molecule has 0 saturated heterocycles. The summed E-state index contributed by atoms with van der Waals surface area (Å²) < 4.78 is 0. The Labute approximate surface area is 64.4 Å². The van der Waals surface area contributed by atoms with E-state index in [0.29, 0.717) is 5.92 Å². The van der Waals surface area contributed by atoms with Crippen molar-refractivity contribution in [2.45, 2.75) is 32.9 Å². The Morgan fingerprint density at radius 1 is 1.40 bits per heavy atom. The van der Waals surface area contributed by atoms with E-state index in [9.17, 15) is 0 Å². The molecule has 0 spiro atoms. The highest BCUT2D eigenvalue weighted by Crippen LogP contribution is 2.19. The second-order valence-electron chi connectivity index (χ2n) is 3.39. The molecule has 0 aromatic carbocycles. The zero-order chi connectivity index (χ0) is 8.36. The molecule has 0 aliphatic heterocycles. The molecule has 2 N–H and O–H groups in total. The van der Waals surface area contributed by atoms with Crippen LogP contribution in [0.15, 0.2) is 0 Å². The monoisotopic (exact) mass is 144 g/mol. The molecule has 0 aromatic rings. The Bertz CT molecular complexity index is 89.4. The van der Waals surface area contributed by atoms with Crippen molar-refractivity contribution in [3.8, 4) is 0 Å². The maximum absolute atomic E-state index is 6.11. The van der Waals surface area contributed by atoms with Crippen molar-refractivity contribution < 1.29 is 0 Å². The molecule has 2 heteroatoms. The van der Waals surface area contributed by atoms with Gasteiger partial charge in [-0.05, 0) is 26.4 Å². The second-order valence-corrected chi connectivity index (χ2v) is 3.39. The summed E-state index contributed by atoms with van der Waals surface area (Å²) >= 11 is 0. The SMILES string of the molecule is CCC(N)(C(C)C)N(C)C. The molecule has 0 rings (SSSR count). The number of hydrogen-bond donors (Lipinski definition) is 1. The summed E-state index contributed by atoms with van der Waals surface area (Å²) in [6.45, 7) is 6.44. The molecule has 0 aliphatic carbocycles. The maximum Gasteiger partial charge on any atom is 0.0703 e. The zero-order valence-corrected chi connectivity index (χ0v) is 7.81. The fraction of sp³-hybridized carbons (Fsp3) is 1.00. The van der Waals surface area contributed by atoms with Gasteiger partial charge in [-0.15, -0.1) is 0 Å². The lowest BCUT2D eigenvalue weighted by molar-refractivity contribution is 0.0965. The van der Waals surface area contributed by atoms with Gasteiger partial charge in [0.2, 0.25) is 0 Å². The first-order valence-electron chi connectivity index (χ1n) is 3.91. The largest absolute Gasteiger partial charge is 0.313 e. The number of hydrogen-bond acceptors (Lipinski definition) is 2. The van der Waals surface area contributed by atoms with Crippen LogP contribution in [0, 0.1) is 5.92 Å². The van der Waals surface area contributed by atoms with Gasteiger partial charge < -0.3 is 5.73 Å². The Hall–Kier alpha value is -0.0800. The first kappa shape index (κ1) is 9.92. The van der Waals surface area contributed by atoms with Crippen molar-refractivity contribution in [3.05, 3.63) is 0 Å². The molecule has 0 fully saturated rings. The molecule has 62 valence electrons. The van der Waals surface area contributed by atoms with Crippen LogP contribution in [-0.4, -0.2) is 24.7 Å². The van der Waals surface area contributed by atoms with Gasteiger partial charge >= 0.3 is 0 Å². The minimum Gasteiger partial charge on any atom is -0.313 e. The Morgan fingerprint density at radius 2 is 1.80 bits per heavy atom. The maximum atomic E-state index is 6.11. The minimum atomic E-state index is -0.125. The van der Waals surface area contributed by atoms with Gasteiger partial charge in [-0.2, -0.15) is 0 Å². The number of rotatable bonds is 3. The molecule has 0 aliphatic rings. The standard InChI is InChI=1S/C8H20N2/c1-6-8(9,7(2)3)10(4)5/h7H,6,9H2,1-5H3. The molecule has 1 unspecified atom stereocenters. The highest BCUT2D eigenvalue weighted by molar-refractivity contribution is 4.82. The van der Waals surface area contributed by atoms with Crippen LogP contribution in [0.1, 0.15) is 27.2 Å². The lowest BCUT2D eigenvalue weighted by Crippen LogP contribution is -2.55. The predicted octanol–water partition coefficient (Wildman–Crippen LogP) is 1.27. The summed E-state index contributed by atoms with van der Waals surface area (Å²) in [5.74, 6) is 0.507. The lowest BCUT2D eigenvalue weighted by atomic mass is 9.93. The van der Waals surface area contributed by atoms with Crippen molar-refractivity contribution >= 4 is 0 Å². The van der Waals surface area contributed by atoms with Crippen LogP contribution in [0.5, 0.6) is 0 Å². The third kappa shape index (κ3) is 1.70. The van der Waals surface area contributed by atoms with E-state index in [1.54, 1.807) is 0 Å². The molecular formula is C8H20N2. The molecule has 0 heterocycles. The fourth-order valence-electron chi connectivity index (χ4n) is 1.24. The molecule has 0 bridgehead atoms. The van der Waals surface area contributed by atoms with Gasteiger partial charge in [0.25, 0.3) is 0 Å². The molecule has 10 heavy (non-hydrogen) atoms.